The number of hydrogen-bond donors (Lipinski definition) is 3. The van der Waals surface area contributed by atoms with Crippen LogP contribution < -0.4 is 10.6 Å². The van der Waals surface area contributed by atoms with Gasteiger partial charge in [-0.1, -0.05) is 25.7 Å². The van der Waals surface area contributed by atoms with E-state index in [9.17, 15) is 5.11 Å². The lowest BCUT2D eigenvalue weighted by Gasteiger charge is -2.31. The fourth-order valence-electron chi connectivity index (χ4n) is 3.91. The van der Waals surface area contributed by atoms with Crippen molar-refractivity contribution in [2.75, 3.05) is 5.32 Å². The van der Waals surface area contributed by atoms with Crippen LogP contribution in [-0.2, 0) is 0 Å². The molecule has 1 aromatic rings. The van der Waals surface area contributed by atoms with Crippen molar-refractivity contribution in [1.29, 1.82) is 5.26 Å². The van der Waals surface area contributed by atoms with Crippen LogP contribution in [-0.4, -0.2) is 22.4 Å². The summed E-state index contributed by atoms with van der Waals surface area (Å²) in [6.07, 6.45) is 13.9. The van der Waals surface area contributed by atoms with E-state index in [2.05, 4.69) is 15.6 Å². The molecule has 3 atom stereocenters. The van der Waals surface area contributed by atoms with E-state index in [0.717, 1.165) is 30.8 Å². The van der Waals surface area contributed by atoms with Crippen LogP contribution in [0.1, 0.15) is 68.6 Å². The lowest BCUT2D eigenvalue weighted by atomic mass is 9.84. The minimum Gasteiger partial charge on any atom is -0.373 e. The van der Waals surface area contributed by atoms with E-state index in [1.807, 2.05) is 12.4 Å². The number of rotatable bonds is 5. The van der Waals surface area contributed by atoms with Crippen LogP contribution in [0.2, 0.25) is 0 Å². The number of thiazole rings is 1. The van der Waals surface area contributed by atoms with Crippen LogP contribution in [0.3, 0.4) is 0 Å². The highest BCUT2D eigenvalue weighted by Gasteiger charge is 2.28. The molecule has 0 bridgehead atoms. The first-order chi connectivity index (χ1) is 11.3. The van der Waals surface area contributed by atoms with E-state index in [-0.39, 0.29) is 12.0 Å². The van der Waals surface area contributed by atoms with Gasteiger partial charge in [0.15, 0.2) is 11.3 Å². The number of nitrogens with one attached hydrogen (secondary N) is 2. The van der Waals surface area contributed by atoms with Gasteiger partial charge in [0.2, 0.25) is 0 Å². The molecule has 0 amide bonds. The molecule has 2 aliphatic rings. The van der Waals surface area contributed by atoms with Crippen LogP contribution in [0.25, 0.3) is 0 Å². The Hall–Kier alpha value is -1.32. The first-order valence-corrected chi connectivity index (χ1v) is 9.63. The Bertz CT molecular complexity index is 535. The summed E-state index contributed by atoms with van der Waals surface area (Å²) in [5.41, 5.74) is 0. The van der Waals surface area contributed by atoms with Gasteiger partial charge in [-0.05, 0) is 38.0 Å². The molecule has 0 spiro atoms. The second-order valence-electron chi connectivity index (χ2n) is 6.87. The van der Waals surface area contributed by atoms with Crippen LogP contribution >= 0.6 is 11.3 Å². The Kier molecular flexibility index (Phi) is 5.74. The lowest BCUT2D eigenvalue weighted by Crippen LogP contribution is -2.38. The summed E-state index contributed by atoms with van der Waals surface area (Å²) < 4.78 is 0. The molecule has 1 heterocycles. The fourth-order valence-corrected chi connectivity index (χ4v) is 4.93. The second-order valence-corrected chi connectivity index (χ2v) is 7.93. The van der Waals surface area contributed by atoms with Crippen molar-refractivity contribution in [3.05, 3.63) is 11.1 Å². The summed E-state index contributed by atoms with van der Waals surface area (Å²) >= 11 is 1.69. The van der Waals surface area contributed by atoms with Gasteiger partial charge in [-0.15, -0.1) is 11.3 Å². The van der Waals surface area contributed by atoms with E-state index in [0.29, 0.717) is 5.92 Å². The largest absolute Gasteiger partial charge is 0.373 e. The smallest absolute Gasteiger partial charge is 0.184 e. The third-order valence-corrected chi connectivity index (χ3v) is 6.32. The van der Waals surface area contributed by atoms with Crippen molar-refractivity contribution >= 4 is 16.5 Å². The molecule has 0 aliphatic heterocycles. The molecule has 1 unspecified atom stereocenters. The molecular formula is C17H26N4OS. The zero-order valence-corrected chi connectivity index (χ0v) is 14.3. The molecule has 2 aliphatic carbocycles. The van der Waals surface area contributed by atoms with Gasteiger partial charge in [0, 0.05) is 23.0 Å². The van der Waals surface area contributed by atoms with Gasteiger partial charge in [-0.3, -0.25) is 0 Å². The van der Waals surface area contributed by atoms with Crippen molar-refractivity contribution in [2.45, 2.75) is 76.0 Å². The van der Waals surface area contributed by atoms with Crippen molar-refractivity contribution < 1.29 is 5.11 Å². The van der Waals surface area contributed by atoms with Crippen LogP contribution in [0.15, 0.2) is 6.20 Å². The Morgan fingerprint density at radius 3 is 2.83 bits per heavy atom. The summed E-state index contributed by atoms with van der Waals surface area (Å²) in [6, 6.07) is 0.198. The summed E-state index contributed by atoms with van der Waals surface area (Å²) in [4.78, 5) is 5.81. The Labute approximate surface area is 142 Å². The van der Waals surface area contributed by atoms with E-state index in [1.165, 1.54) is 37.0 Å². The minimum absolute atomic E-state index is 0.177. The van der Waals surface area contributed by atoms with E-state index < -0.39 is 6.23 Å². The number of aliphatic hydroxyl groups excluding tert-OH is 1. The molecule has 2 fully saturated rings. The molecule has 0 aromatic carbocycles. The van der Waals surface area contributed by atoms with Gasteiger partial charge in [0.05, 0.1) is 0 Å². The fraction of sp³-hybridized carbons (Fsp3) is 0.765. The monoisotopic (exact) mass is 334 g/mol. The molecule has 3 N–H and O–H groups in total. The SMILES string of the molecule is N#CN[C@H]1CCC[C@@H](C(O)Nc2ncc(C3CCCCC3)s2)C1. The molecule has 126 valence electrons. The quantitative estimate of drug-likeness (QED) is 0.436. The number of nitrogens with zero attached hydrogens (tertiary/aromatic N) is 2. The molecule has 3 rings (SSSR count). The predicted octanol–water partition coefficient (Wildman–Crippen LogP) is 3.55. The standard InChI is InChI=1S/C17H26N4OS/c18-11-20-14-8-4-7-13(9-14)16(22)21-17-19-10-15(23-17)12-5-2-1-3-6-12/h10,12-14,16,20,22H,1-9H2,(H,19,21)/t13-,14+,16?/m1/s1. The minimum atomic E-state index is -0.580. The first-order valence-electron chi connectivity index (χ1n) is 8.81. The maximum absolute atomic E-state index is 10.5. The van der Waals surface area contributed by atoms with Crippen LogP contribution in [0.4, 0.5) is 5.13 Å². The topological polar surface area (TPSA) is 81.0 Å². The Morgan fingerprint density at radius 1 is 1.22 bits per heavy atom. The highest BCUT2D eigenvalue weighted by Crippen LogP contribution is 2.37. The zero-order valence-electron chi connectivity index (χ0n) is 13.5. The second kappa shape index (κ2) is 7.98. The molecule has 5 nitrogen and oxygen atoms in total. The molecule has 23 heavy (non-hydrogen) atoms. The summed E-state index contributed by atoms with van der Waals surface area (Å²) in [7, 11) is 0. The van der Waals surface area contributed by atoms with Crippen molar-refractivity contribution in [3.8, 4) is 6.19 Å². The average molecular weight is 334 g/mol. The predicted molar refractivity (Wildman–Crippen MR) is 92.1 cm³/mol. The van der Waals surface area contributed by atoms with E-state index in [1.54, 1.807) is 11.3 Å². The van der Waals surface area contributed by atoms with Crippen molar-refractivity contribution in [3.63, 3.8) is 0 Å². The van der Waals surface area contributed by atoms with Gasteiger partial charge in [0.25, 0.3) is 0 Å². The highest BCUT2D eigenvalue weighted by atomic mass is 32.1. The zero-order chi connectivity index (χ0) is 16.1. The maximum atomic E-state index is 10.5. The Morgan fingerprint density at radius 2 is 2.04 bits per heavy atom. The number of hydrogen-bond acceptors (Lipinski definition) is 6. The normalized spacial score (nSPS) is 27.1. The number of aliphatic hydroxyl groups is 1. The van der Waals surface area contributed by atoms with Crippen molar-refractivity contribution in [1.82, 2.24) is 10.3 Å². The van der Waals surface area contributed by atoms with Crippen molar-refractivity contribution in [2.24, 2.45) is 5.92 Å². The lowest BCUT2D eigenvalue weighted by molar-refractivity contribution is 0.0997. The Balaban J connectivity index is 1.54. The van der Waals surface area contributed by atoms with Gasteiger partial charge in [-0.25, -0.2) is 4.98 Å². The molecule has 2 saturated carbocycles. The molecule has 1 aromatic heterocycles. The van der Waals surface area contributed by atoms with Crippen LogP contribution in [0, 0.1) is 17.4 Å². The molecular weight excluding hydrogens is 308 g/mol. The van der Waals surface area contributed by atoms with E-state index >= 15 is 0 Å². The van der Waals surface area contributed by atoms with Gasteiger partial charge in [-0.2, -0.15) is 5.26 Å². The number of anilines is 1. The van der Waals surface area contributed by atoms with Gasteiger partial charge >= 0.3 is 0 Å². The first kappa shape index (κ1) is 16.5. The molecule has 6 heteroatoms. The van der Waals surface area contributed by atoms with Gasteiger partial charge in [0.1, 0.15) is 6.23 Å². The molecule has 0 radical (unpaired) electrons. The molecule has 0 saturated heterocycles. The third-order valence-electron chi connectivity index (χ3n) is 5.23. The highest BCUT2D eigenvalue weighted by molar-refractivity contribution is 7.15. The summed E-state index contributed by atoms with van der Waals surface area (Å²) in [5.74, 6) is 0.837. The third kappa shape index (κ3) is 4.36. The van der Waals surface area contributed by atoms with Gasteiger partial charge < -0.3 is 15.7 Å². The number of nitriles is 1. The summed E-state index contributed by atoms with van der Waals surface area (Å²) in [6.45, 7) is 0. The summed E-state index contributed by atoms with van der Waals surface area (Å²) in [5, 5.41) is 26.1. The maximum Gasteiger partial charge on any atom is 0.184 e. The van der Waals surface area contributed by atoms with E-state index in [4.69, 9.17) is 5.26 Å². The van der Waals surface area contributed by atoms with Crippen LogP contribution in [0.5, 0.6) is 0 Å². The average Bonchev–Trinajstić information content (AvgIpc) is 3.05. The number of aromatic nitrogens is 1.